The van der Waals surface area contributed by atoms with Crippen molar-refractivity contribution in [3.8, 4) is 5.69 Å². The van der Waals surface area contributed by atoms with E-state index in [9.17, 15) is 9.59 Å². The molecule has 0 bridgehead atoms. The van der Waals surface area contributed by atoms with E-state index in [1.165, 1.54) is 6.92 Å². The molecule has 1 heterocycles. The van der Waals surface area contributed by atoms with Gasteiger partial charge in [-0.15, -0.1) is 0 Å². The molecule has 1 atom stereocenters. The van der Waals surface area contributed by atoms with Gasteiger partial charge < -0.3 is 10.4 Å². The molecule has 2 aromatic rings. The molecular weight excluding hydrogens is 270 g/mol. The maximum absolute atomic E-state index is 12.2. The van der Waals surface area contributed by atoms with Gasteiger partial charge in [-0.2, -0.15) is 5.10 Å². The van der Waals surface area contributed by atoms with Crippen LogP contribution in [0.5, 0.6) is 0 Å². The van der Waals surface area contributed by atoms with Crippen molar-refractivity contribution in [3.05, 3.63) is 47.3 Å². The van der Waals surface area contributed by atoms with Gasteiger partial charge >= 0.3 is 5.97 Å². The van der Waals surface area contributed by atoms with Crippen LogP contribution in [0.25, 0.3) is 5.69 Å². The van der Waals surface area contributed by atoms with Crippen LogP contribution in [-0.2, 0) is 4.79 Å². The number of aryl methyl sites for hydroxylation is 1. The smallest absolute Gasteiger partial charge is 0.325 e. The highest BCUT2D eigenvalue weighted by Crippen LogP contribution is 2.17. The van der Waals surface area contributed by atoms with E-state index in [0.29, 0.717) is 17.0 Å². The van der Waals surface area contributed by atoms with E-state index in [4.69, 9.17) is 5.11 Å². The van der Waals surface area contributed by atoms with Crippen LogP contribution in [0.3, 0.4) is 0 Å². The number of rotatable bonds is 4. The van der Waals surface area contributed by atoms with Gasteiger partial charge in [0, 0.05) is 0 Å². The van der Waals surface area contributed by atoms with Crippen molar-refractivity contribution in [2.75, 3.05) is 0 Å². The summed E-state index contributed by atoms with van der Waals surface area (Å²) in [5.74, 6) is -1.50. The zero-order valence-corrected chi connectivity index (χ0v) is 12.1. The van der Waals surface area contributed by atoms with Crippen molar-refractivity contribution >= 4 is 11.9 Å². The highest BCUT2D eigenvalue weighted by molar-refractivity contribution is 5.98. The standard InChI is InChI=1S/C15H17N3O3/c1-9-13(14(19)16-10(2)15(20)21)11(3)18(17-9)12-7-5-4-6-8-12/h4-8,10H,1-3H3,(H,16,19)(H,20,21). The monoisotopic (exact) mass is 287 g/mol. The maximum atomic E-state index is 12.2. The number of carbonyl (C=O) groups excluding carboxylic acids is 1. The Kier molecular flexibility index (Phi) is 4.07. The van der Waals surface area contributed by atoms with E-state index in [-0.39, 0.29) is 0 Å². The minimum Gasteiger partial charge on any atom is -0.480 e. The molecule has 1 aromatic heterocycles. The molecule has 0 spiro atoms. The highest BCUT2D eigenvalue weighted by Gasteiger charge is 2.22. The second kappa shape index (κ2) is 5.78. The number of para-hydroxylation sites is 1. The first-order valence-corrected chi connectivity index (χ1v) is 6.57. The topological polar surface area (TPSA) is 84.2 Å². The number of benzene rings is 1. The Morgan fingerprint density at radius 2 is 1.86 bits per heavy atom. The second-order valence-electron chi connectivity index (χ2n) is 4.83. The summed E-state index contributed by atoms with van der Waals surface area (Å²) in [7, 11) is 0. The molecule has 1 unspecified atom stereocenters. The summed E-state index contributed by atoms with van der Waals surface area (Å²) in [6.07, 6.45) is 0. The minimum absolute atomic E-state index is 0.409. The Labute approximate surface area is 122 Å². The van der Waals surface area contributed by atoms with E-state index in [1.807, 2.05) is 30.3 Å². The third-order valence-electron chi connectivity index (χ3n) is 3.24. The number of nitrogens with one attached hydrogen (secondary N) is 1. The van der Waals surface area contributed by atoms with Crippen molar-refractivity contribution < 1.29 is 14.7 Å². The van der Waals surface area contributed by atoms with Crippen LogP contribution in [0.4, 0.5) is 0 Å². The third kappa shape index (κ3) is 2.94. The largest absolute Gasteiger partial charge is 0.480 e. The van der Waals surface area contributed by atoms with Gasteiger partial charge in [0.15, 0.2) is 0 Å². The fourth-order valence-electron chi connectivity index (χ4n) is 2.12. The summed E-state index contributed by atoms with van der Waals surface area (Å²) in [6.45, 7) is 4.94. The number of aliphatic carboxylic acids is 1. The summed E-state index contributed by atoms with van der Waals surface area (Å²) in [6, 6.07) is 8.51. The average Bonchev–Trinajstić information content (AvgIpc) is 2.74. The summed E-state index contributed by atoms with van der Waals surface area (Å²) < 4.78 is 1.68. The van der Waals surface area contributed by atoms with Crippen LogP contribution in [0.2, 0.25) is 0 Å². The van der Waals surface area contributed by atoms with Gasteiger partial charge in [-0.3, -0.25) is 9.59 Å². The number of hydrogen-bond donors (Lipinski definition) is 2. The molecule has 21 heavy (non-hydrogen) atoms. The van der Waals surface area contributed by atoms with Gasteiger partial charge in [0.2, 0.25) is 0 Å². The molecule has 0 fully saturated rings. The van der Waals surface area contributed by atoms with Crippen LogP contribution in [0.1, 0.15) is 28.7 Å². The Hall–Kier alpha value is -2.63. The lowest BCUT2D eigenvalue weighted by Gasteiger charge is -2.09. The van der Waals surface area contributed by atoms with Crippen LogP contribution < -0.4 is 5.32 Å². The highest BCUT2D eigenvalue weighted by atomic mass is 16.4. The molecule has 1 aromatic carbocycles. The predicted octanol–water partition coefficient (Wildman–Crippen LogP) is 1.69. The maximum Gasteiger partial charge on any atom is 0.325 e. The Balaban J connectivity index is 2.36. The lowest BCUT2D eigenvalue weighted by molar-refractivity contribution is -0.138. The molecule has 0 aliphatic heterocycles. The molecule has 2 rings (SSSR count). The van der Waals surface area contributed by atoms with Crippen LogP contribution >= 0.6 is 0 Å². The molecule has 6 heteroatoms. The Morgan fingerprint density at radius 3 is 2.43 bits per heavy atom. The quantitative estimate of drug-likeness (QED) is 0.896. The molecular formula is C15H17N3O3. The Morgan fingerprint density at radius 1 is 1.24 bits per heavy atom. The lowest BCUT2D eigenvalue weighted by Crippen LogP contribution is -2.38. The summed E-state index contributed by atoms with van der Waals surface area (Å²) in [5.41, 5.74) is 2.50. The van der Waals surface area contributed by atoms with E-state index >= 15 is 0 Å². The fourth-order valence-corrected chi connectivity index (χ4v) is 2.12. The molecule has 6 nitrogen and oxygen atoms in total. The number of carboxylic acid groups (broad SMARTS) is 1. The number of nitrogens with zero attached hydrogens (tertiary/aromatic N) is 2. The number of carbonyl (C=O) groups is 2. The van der Waals surface area contributed by atoms with Crippen molar-refractivity contribution in [2.45, 2.75) is 26.8 Å². The van der Waals surface area contributed by atoms with Gasteiger partial charge in [-0.1, -0.05) is 18.2 Å². The number of aromatic nitrogens is 2. The van der Waals surface area contributed by atoms with Crippen molar-refractivity contribution in [1.82, 2.24) is 15.1 Å². The fraction of sp³-hybridized carbons (Fsp3) is 0.267. The van der Waals surface area contributed by atoms with E-state index in [0.717, 1.165) is 5.69 Å². The van der Waals surface area contributed by atoms with Crippen molar-refractivity contribution in [2.24, 2.45) is 0 Å². The van der Waals surface area contributed by atoms with Gasteiger partial charge in [0.25, 0.3) is 5.91 Å². The number of carboxylic acids is 1. The first kappa shape index (κ1) is 14.8. The van der Waals surface area contributed by atoms with E-state index in [1.54, 1.807) is 18.5 Å². The number of amides is 1. The minimum atomic E-state index is -1.07. The van der Waals surface area contributed by atoms with Crippen molar-refractivity contribution in [1.29, 1.82) is 0 Å². The summed E-state index contributed by atoms with van der Waals surface area (Å²) in [4.78, 5) is 23.0. The zero-order valence-electron chi connectivity index (χ0n) is 12.1. The van der Waals surface area contributed by atoms with Crippen molar-refractivity contribution in [3.63, 3.8) is 0 Å². The first-order chi connectivity index (χ1) is 9.91. The molecule has 110 valence electrons. The van der Waals surface area contributed by atoms with Crippen LogP contribution in [0.15, 0.2) is 30.3 Å². The molecule has 2 N–H and O–H groups in total. The molecule has 0 aliphatic rings. The van der Waals surface area contributed by atoms with E-state index < -0.39 is 17.9 Å². The predicted molar refractivity (Wildman–Crippen MR) is 77.6 cm³/mol. The Bertz CT molecular complexity index is 677. The lowest BCUT2D eigenvalue weighted by atomic mass is 10.1. The first-order valence-electron chi connectivity index (χ1n) is 6.57. The zero-order chi connectivity index (χ0) is 15.6. The van der Waals surface area contributed by atoms with E-state index in [2.05, 4.69) is 10.4 Å². The molecule has 0 saturated heterocycles. The van der Waals surface area contributed by atoms with Gasteiger partial charge in [-0.25, -0.2) is 4.68 Å². The average molecular weight is 287 g/mol. The van der Waals surface area contributed by atoms with Crippen LogP contribution in [0, 0.1) is 13.8 Å². The summed E-state index contributed by atoms with van der Waals surface area (Å²) >= 11 is 0. The van der Waals surface area contributed by atoms with Gasteiger partial charge in [-0.05, 0) is 32.9 Å². The van der Waals surface area contributed by atoms with Gasteiger partial charge in [0.1, 0.15) is 6.04 Å². The number of hydrogen-bond acceptors (Lipinski definition) is 3. The van der Waals surface area contributed by atoms with Gasteiger partial charge in [0.05, 0.1) is 22.6 Å². The summed E-state index contributed by atoms with van der Waals surface area (Å²) in [5, 5.41) is 15.7. The normalized spacial score (nSPS) is 12.0. The molecule has 1 amide bonds. The SMILES string of the molecule is Cc1nn(-c2ccccc2)c(C)c1C(=O)NC(C)C(=O)O. The molecule has 0 radical (unpaired) electrons. The molecule has 0 saturated carbocycles. The van der Waals surface area contributed by atoms with Crippen LogP contribution in [-0.4, -0.2) is 32.8 Å². The third-order valence-corrected chi connectivity index (χ3v) is 3.24. The second-order valence-corrected chi connectivity index (χ2v) is 4.83. The molecule has 0 aliphatic carbocycles.